The molecule has 0 aliphatic carbocycles. The number of β-amino-alcohol motifs (C(OH)–C–C–N with tert-alkyl or cyclic N) is 1. The van der Waals surface area contributed by atoms with Gasteiger partial charge in [-0.05, 0) is 24.8 Å². The van der Waals surface area contributed by atoms with Crippen molar-refractivity contribution in [3.63, 3.8) is 0 Å². The van der Waals surface area contributed by atoms with Gasteiger partial charge in [0.1, 0.15) is 0 Å². The summed E-state index contributed by atoms with van der Waals surface area (Å²) in [7, 11) is 0. The van der Waals surface area contributed by atoms with Crippen molar-refractivity contribution in [2.24, 2.45) is 0 Å². The number of aliphatic hydroxyl groups is 2. The van der Waals surface area contributed by atoms with Gasteiger partial charge in [0.05, 0.1) is 16.6 Å². The van der Waals surface area contributed by atoms with E-state index in [2.05, 4.69) is 14.9 Å². The molecule has 2 aromatic heterocycles. The van der Waals surface area contributed by atoms with Crippen LogP contribution in [0.1, 0.15) is 18.9 Å². The van der Waals surface area contributed by atoms with Crippen LogP contribution >= 0.6 is 11.3 Å². The number of likely N-dealkylation sites (tertiary alicyclic amines) is 1. The van der Waals surface area contributed by atoms with E-state index < -0.39 is 11.7 Å². The average Bonchev–Trinajstić information content (AvgIpc) is 2.98. The van der Waals surface area contributed by atoms with Crippen molar-refractivity contribution in [3.05, 3.63) is 35.5 Å². The summed E-state index contributed by atoms with van der Waals surface area (Å²) >= 11 is 1.62. The van der Waals surface area contributed by atoms with Crippen LogP contribution in [0.15, 0.2) is 29.9 Å². The second-order valence-corrected chi connectivity index (χ2v) is 6.70. The average molecular weight is 305 g/mol. The summed E-state index contributed by atoms with van der Waals surface area (Å²) in [6.07, 6.45) is 3.53. The molecule has 1 fully saturated rings. The highest BCUT2D eigenvalue weighted by atomic mass is 32.1. The molecule has 0 spiro atoms. The maximum atomic E-state index is 9.97. The van der Waals surface area contributed by atoms with E-state index in [4.69, 9.17) is 0 Å². The number of aromatic nitrogens is 2. The molecule has 6 heteroatoms. The summed E-state index contributed by atoms with van der Waals surface area (Å²) in [5, 5.41) is 21.9. The fraction of sp³-hybridized carbons (Fsp3) is 0.467. The van der Waals surface area contributed by atoms with Crippen LogP contribution in [0.3, 0.4) is 0 Å². The van der Waals surface area contributed by atoms with E-state index in [1.165, 1.54) is 0 Å². The summed E-state index contributed by atoms with van der Waals surface area (Å²) in [4.78, 5) is 12.0. The van der Waals surface area contributed by atoms with Crippen LogP contribution in [0.2, 0.25) is 0 Å². The number of hydrogen-bond acceptors (Lipinski definition) is 6. The molecule has 2 N–H and O–H groups in total. The van der Waals surface area contributed by atoms with Crippen LogP contribution in [0, 0.1) is 0 Å². The lowest BCUT2D eigenvalue weighted by atomic mass is 9.90. The van der Waals surface area contributed by atoms with Gasteiger partial charge in [0.15, 0.2) is 5.82 Å². The Labute approximate surface area is 127 Å². The number of piperidine rings is 1. The molecule has 1 aliphatic heterocycles. The first-order chi connectivity index (χ1) is 10.0. The van der Waals surface area contributed by atoms with Gasteiger partial charge in [0.2, 0.25) is 0 Å². The molecule has 0 saturated carbocycles. The molecule has 0 amide bonds. The molecule has 5 nitrogen and oxygen atoms in total. The van der Waals surface area contributed by atoms with Gasteiger partial charge in [-0.2, -0.15) is 0 Å². The molecule has 0 aromatic carbocycles. The molecule has 1 aliphatic rings. The Morgan fingerprint density at radius 1 is 1.43 bits per heavy atom. The predicted octanol–water partition coefficient (Wildman–Crippen LogP) is 1.52. The van der Waals surface area contributed by atoms with Crippen molar-refractivity contribution >= 4 is 11.3 Å². The highest BCUT2D eigenvalue weighted by molar-refractivity contribution is 7.13. The Morgan fingerprint density at radius 3 is 2.81 bits per heavy atom. The van der Waals surface area contributed by atoms with Crippen LogP contribution < -0.4 is 0 Å². The van der Waals surface area contributed by atoms with Gasteiger partial charge < -0.3 is 10.2 Å². The van der Waals surface area contributed by atoms with E-state index in [9.17, 15) is 10.2 Å². The molecule has 21 heavy (non-hydrogen) atoms. The molecular formula is C15H19N3O2S. The zero-order valence-corrected chi connectivity index (χ0v) is 12.8. The lowest BCUT2D eigenvalue weighted by Gasteiger charge is -2.39. The minimum absolute atomic E-state index is 0.472. The van der Waals surface area contributed by atoms with Crippen LogP contribution in [0.5, 0.6) is 0 Å². The van der Waals surface area contributed by atoms with Crippen LogP contribution in [0.25, 0.3) is 10.7 Å². The number of rotatable bonds is 3. The van der Waals surface area contributed by atoms with Crippen molar-refractivity contribution in [3.8, 4) is 10.7 Å². The summed E-state index contributed by atoms with van der Waals surface area (Å²) in [6.45, 7) is 3.61. The number of aliphatic hydroxyl groups excluding tert-OH is 1. The largest absolute Gasteiger partial charge is 0.389 e. The zero-order chi connectivity index (χ0) is 14.9. The molecule has 0 bridgehead atoms. The van der Waals surface area contributed by atoms with Crippen molar-refractivity contribution < 1.29 is 10.2 Å². The van der Waals surface area contributed by atoms with Gasteiger partial charge in [-0.3, -0.25) is 4.90 Å². The third-order valence-corrected chi connectivity index (χ3v) is 4.80. The first-order valence-electron chi connectivity index (χ1n) is 7.02. The smallest absolute Gasteiger partial charge is 0.169 e. The fourth-order valence-electron chi connectivity index (χ4n) is 2.45. The highest BCUT2D eigenvalue weighted by Crippen LogP contribution is 2.24. The molecule has 112 valence electrons. The maximum absolute atomic E-state index is 9.97. The van der Waals surface area contributed by atoms with E-state index >= 15 is 0 Å². The van der Waals surface area contributed by atoms with Crippen LogP contribution in [-0.4, -0.2) is 49.9 Å². The van der Waals surface area contributed by atoms with Gasteiger partial charge in [-0.1, -0.05) is 6.07 Å². The standard InChI is InChI=1S/C15H19N3O2S/c1-15(20)4-5-18(10-13(15)19)9-11-7-16-14(17-8-11)12-3-2-6-21-12/h2-3,6-8,13,19-20H,4-5,9-10H2,1H3/t13-,15-/m0/s1. The number of hydrogen-bond donors (Lipinski definition) is 2. The fourth-order valence-corrected chi connectivity index (χ4v) is 3.13. The molecule has 3 heterocycles. The monoisotopic (exact) mass is 305 g/mol. The molecule has 0 radical (unpaired) electrons. The number of thiophene rings is 1. The number of nitrogens with zero attached hydrogens (tertiary/aromatic N) is 3. The third-order valence-electron chi connectivity index (χ3n) is 3.94. The van der Waals surface area contributed by atoms with E-state index in [1.807, 2.05) is 29.9 Å². The molecular weight excluding hydrogens is 286 g/mol. The van der Waals surface area contributed by atoms with Crippen molar-refractivity contribution in [2.45, 2.75) is 31.6 Å². The zero-order valence-electron chi connectivity index (χ0n) is 11.9. The van der Waals surface area contributed by atoms with Crippen molar-refractivity contribution in [2.75, 3.05) is 13.1 Å². The Morgan fingerprint density at radius 2 is 2.19 bits per heavy atom. The van der Waals surface area contributed by atoms with E-state index in [1.54, 1.807) is 18.3 Å². The third kappa shape index (κ3) is 3.29. The molecule has 3 rings (SSSR count). The van der Waals surface area contributed by atoms with Crippen molar-refractivity contribution in [1.82, 2.24) is 14.9 Å². The van der Waals surface area contributed by atoms with Crippen LogP contribution in [0.4, 0.5) is 0 Å². The Bertz CT molecular complexity index is 583. The van der Waals surface area contributed by atoms with Crippen LogP contribution in [-0.2, 0) is 6.54 Å². The van der Waals surface area contributed by atoms with E-state index in [0.29, 0.717) is 19.5 Å². The van der Waals surface area contributed by atoms with E-state index in [0.717, 1.165) is 22.8 Å². The lowest BCUT2D eigenvalue weighted by Crippen LogP contribution is -2.53. The van der Waals surface area contributed by atoms with Gasteiger partial charge in [0.25, 0.3) is 0 Å². The topological polar surface area (TPSA) is 69.5 Å². The summed E-state index contributed by atoms with van der Waals surface area (Å²) < 4.78 is 0. The molecule has 2 aromatic rings. The Hall–Kier alpha value is -1.34. The van der Waals surface area contributed by atoms with Gasteiger partial charge in [0, 0.05) is 37.6 Å². The second kappa shape index (κ2) is 5.81. The van der Waals surface area contributed by atoms with E-state index in [-0.39, 0.29) is 0 Å². The Balaban J connectivity index is 1.64. The molecule has 1 saturated heterocycles. The lowest BCUT2D eigenvalue weighted by molar-refractivity contribution is -0.108. The maximum Gasteiger partial charge on any atom is 0.169 e. The predicted molar refractivity (Wildman–Crippen MR) is 81.9 cm³/mol. The second-order valence-electron chi connectivity index (χ2n) is 5.75. The summed E-state index contributed by atoms with van der Waals surface area (Å²) in [5.74, 6) is 0.746. The van der Waals surface area contributed by atoms with Gasteiger partial charge in [-0.25, -0.2) is 9.97 Å². The van der Waals surface area contributed by atoms with Gasteiger partial charge >= 0.3 is 0 Å². The summed E-state index contributed by atoms with van der Waals surface area (Å²) in [5.41, 5.74) is 0.0415. The minimum Gasteiger partial charge on any atom is -0.389 e. The summed E-state index contributed by atoms with van der Waals surface area (Å²) in [6, 6.07) is 3.99. The molecule has 2 atom stereocenters. The molecule has 0 unspecified atom stereocenters. The SMILES string of the molecule is C[C@]1(O)CCN(Cc2cnc(-c3cccs3)nc2)C[C@@H]1O. The Kier molecular flexibility index (Phi) is 4.03. The minimum atomic E-state index is -0.976. The van der Waals surface area contributed by atoms with Gasteiger partial charge in [-0.15, -0.1) is 11.3 Å². The quantitative estimate of drug-likeness (QED) is 0.900. The first-order valence-corrected chi connectivity index (χ1v) is 7.90. The normalized spacial score (nSPS) is 26.9. The van der Waals surface area contributed by atoms with Crippen molar-refractivity contribution in [1.29, 1.82) is 0 Å². The first kappa shape index (κ1) is 14.6. The highest BCUT2D eigenvalue weighted by Gasteiger charge is 2.36.